The summed E-state index contributed by atoms with van der Waals surface area (Å²) in [5.41, 5.74) is 10.7. The molecule has 5 heteroatoms. The number of hydrogen-bond donors (Lipinski definition) is 3. The molecule has 2 atom stereocenters. The first-order valence-corrected chi connectivity index (χ1v) is 4.85. The van der Waals surface area contributed by atoms with Crippen LogP contribution in [-0.4, -0.2) is 36.4 Å². The van der Waals surface area contributed by atoms with Crippen LogP contribution in [0.5, 0.6) is 0 Å². The van der Waals surface area contributed by atoms with E-state index in [2.05, 4.69) is 5.92 Å². The maximum atomic E-state index is 10.4. The topological polar surface area (TPSA) is 98.6 Å². The van der Waals surface area contributed by atoms with Gasteiger partial charge in [0.1, 0.15) is 6.04 Å². The van der Waals surface area contributed by atoms with Crippen molar-refractivity contribution < 1.29 is 14.6 Å². The summed E-state index contributed by atoms with van der Waals surface area (Å²) in [5.74, 6) is 1.38. The molecule has 86 valence electrons. The quantitative estimate of drug-likeness (QED) is 0.375. The molecule has 2 unspecified atom stereocenters. The summed E-state index contributed by atoms with van der Waals surface area (Å²) in [7, 11) is 0. The standard InChI is InChI=1S/C10H18N2O3/c1-2-8(11)7-15-6-4-3-5-9(12)10(13)14/h1,8-9H,3-7,11-12H2,(H,13,14). The molecule has 0 amide bonds. The van der Waals surface area contributed by atoms with E-state index in [-0.39, 0.29) is 6.04 Å². The first kappa shape index (κ1) is 13.9. The Morgan fingerprint density at radius 1 is 1.47 bits per heavy atom. The summed E-state index contributed by atoms with van der Waals surface area (Å²) in [6.45, 7) is 0.864. The van der Waals surface area contributed by atoms with E-state index in [1.54, 1.807) is 0 Å². The number of unbranched alkanes of at least 4 members (excludes halogenated alkanes) is 1. The van der Waals surface area contributed by atoms with Crippen LogP contribution in [0.1, 0.15) is 19.3 Å². The van der Waals surface area contributed by atoms with Crippen molar-refractivity contribution in [2.24, 2.45) is 11.5 Å². The van der Waals surface area contributed by atoms with Crippen LogP contribution in [0.15, 0.2) is 0 Å². The monoisotopic (exact) mass is 214 g/mol. The number of terminal acetylenes is 1. The van der Waals surface area contributed by atoms with E-state index < -0.39 is 12.0 Å². The maximum absolute atomic E-state index is 10.4. The van der Waals surface area contributed by atoms with Gasteiger partial charge in [-0.2, -0.15) is 0 Å². The van der Waals surface area contributed by atoms with Crippen molar-refractivity contribution in [2.45, 2.75) is 31.3 Å². The molecule has 5 nitrogen and oxygen atoms in total. The zero-order valence-corrected chi connectivity index (χ0v) is 8.69. The summed E-state index contributed by atoms with van der Waals surface area (Å²) < 4.78 is 5.17. The van der Waals surface area contributed by atoms with Gasteiger partial charge in [-0.3, -0.25) is 4.79 Å². The summed E-state index contributed by atoms with van der Waals surface area (Å²) in [4.78, 5) is 10.4. The average molecular weight is 214 g/mol. The van der Waals surface area contributed by atoms with Gasteiger partial charge in [0.2, 0.25) is 0 Å². The summed E-state index contributed by atoms with van der Waals surface area (Å²) >= 11 is 0. The number of carboxylic acids is 1. The lowest BCUT2D eigenvalue weighted by Crippen LogP contribution is -2.29. The molecule has 0 aliphatic carbocycles. The van der Waals surface area contributed by atoms with Gasteiger partial charge in [0.05, 0.1) is 12.6 Å². The summed E-state index contributed by atoms with van der Waals surface area (Å²) in [6.07, 6.45) is 6.99. The van der Waals surface area contributed by atoms with Crippen LogP contribution in [0.25, 0.3) is 0 Å². The predicted octanol–water partition coefficient (Wildman–Crippen LogP) is -0.454. The Bertz CT molecular complexity index is 225. The van der Waals surface area contributed by atoms with Crippen molar-refractivity contribution in [3.8, 4) is 12.3 Å². The van der Waals surface area contributed by atoms with Crippen molar-refractivity contribution in [2.75, 3.05) is 13.2 Å². The Labute approximate surface area is 89.8 Å². The molecule has 0 rings (SSSR count). The van der Waals surface area contributed by atoms with E-state index in [1.165, 1.54) is 0 Å². The zero-order valence-electron chi connectivity index (χ0n) is 8.69. The molecule has 0 aromatic heterocycles. The van der Waals surface area contributed by atoms with Gasteiger partial charge in [-0.1, -0.05) is 5.92 Å². The molecule has 0 radical (unpaired) electrons. The molecule has 0 aliphatic rings. The SMILES string of the molecule is C#CC(N)COCCCCC(N)C(=O)O. The summed E-state index contributed by atoms with van der Waals surface area (Å²) in [5, 5.41) is 8.49. The van der Waals surface area contributed by atoms with Crippen LogP contribution in [0, 0.1) is 12.3 Å². The Morgan fingerprint density at radius 3 is 2.67 bits per heavy atom. The lowest BCUT2D eigenvalue weighted by atomic mass is 10.1. The van der Waals surface area contributed by atoms with Gasteiger partial charge in [-0.05, 0) is 19.3 Å². The molecule has 0 aliphatic heterocycles. The second-order valence-corrected chi connectivity index (χ2v) is 3.29. The van der Waals surface area contributed by atoms with E-state index in [9.17, 15) is 4.79 Å². The number of rotatable bonds is 8. The highest BCUT2D eigenvalue weighted by Gasteiger charge is 2.09. The lowest BCUT2D eigenvalue weighted by Gasteiger charge is -2.07. The van der Waals surface area contributed by atoms with E-state index >= 15 is 0 Å². The van der Waals surface area contributed by atoms with Crippen LogP contribution < -0.4 is 11.5 Å². The van der Waals surface area contributed by atoms with Gasteiger partial charge in [-0.25, -0.2) is 0 Å². The molecular formula is C10H18N2O3. The van der Waals surface area contributed by atoms with E-state index in [0.29, 0.717) is 19.6 Å². The first-order chi connectivity index (χ1) is 7.07. The smallest absolute Gasteiger partial charge is 0.320 e. The fraction of sp³-hybridized carbons (Fsp3) is 0.700. The van der Waals surface area contributed by atoms with Gasteiger partial charge in [0, 0.05) is 6.61 Å². The number of carboxylic acid groups (broad SMARTS) is 1. The van der Waals surface area contributed by atoms with Crippen molar-refractivity contribution in [1.29, 1.82) is 0 Å². The van der Waals surface area contributed by atoms with Crippen LogP contribution in [0.4, 0.5) is 0 Å². The van der Waals surface area contributed by atoms with Gasteiger partial charge >= 0.3 is 5.97 Å². The fourth-order valence-electron chi connectivity index (χ4n) is 0.950. The van der Waals surface area contributed by atoms with Gasteiger partial charge in [0.15, 0.2) is 0 Å². The molecule has 0 aromatic carbocycles. The van der Waals surface area contributed by atoms with Gasteiger partial charge in [-0.15, -0.1) is 6.42 Å². The van der Waals surface area contributed by atoms with Crippen molar-refractivity contribution >= 4 is 5.97 Å². The zero-order chi connectivity index (χ0) is 11.7. The van der Waals surface area contributed by atoms with Crippen molar-refractivity contribution in [3.05, 3.63) is 0 Å². The normalized spacial score (nSPS) is 14.2. The van der Waals surface area contributed by atoms with Crippen molar-refractivity contribution in [3.63, 3.8) is 0 Å². The lowest BCUT2D eigenvalue weighted by molar-refractivity contribution is -0.138. The highest BCUT2D eigenvalue weighted by atomic mass is 16.5. The van der Waals surface area contributed by atoms with E-state index in [0.717, 1.165) is 12.8 Å². The minimum atomic E-state index is -0.967. The Balaban J connectivity index is 3.26. The maximum Gasteiger partial charge on any atom is 0.320 e. The Morgan fingerprint density at radius 2 is 2.13 bits per heavy atom. The van der Waals surface area contributed by atoms with Gasteiger partial charge < -0.3 is 21.3 Å². The number of ether oxygens (including phenoxy) is 1. The number of nitrogens with two attached hydrogens (primary N) is 2. The third-order valence-corrected chi connectivity index (χ3v) is 1.88. The summed E-state index contributed by atoms with van der Waals surface area (Å²) in [6, 6.07) is -1.15. The number of carbonyl (C=O) groups is 1. The highest BCUT2D eigenvalue weighted by Crippen LogP contribution is 1.99. The minimum Gasteiger partial charge on any atom is -0.480 e. The third kappa shape index (κ3) is 7.94. The number of hydrogen-bond acceptors (Lipinski definition) is 4. The first-order valence-electron chi connectivity index (χ1n) is 4.85. The van der Waals surface area contributed by atoms with E-state index in [1.807, 2.05) is 0 Å². The second kappa shape index (κ2) is 8.24. The minimum absolute atomic E-state index is 0.335. The molecule has 0 spiro atoms. The molecule has 0 bridgehead atoms. The molecule has 0 saturated heterocycles. The Hall–Kier alpha value is -1.09. The predicted molar refractivity (Wildman–Crippen MR) is 57.1 cm³/mol. The van der Waals surface area contributed by atoms with Crippen LogP contribution >= 0.6 is 0 Å². The Kier molecular flexibility index (Phi) is 7.64. The largest absolute Gasteiger partial charge is 0.480 e. The molecule has 15 heavy (non-hydrogen) atoms. The van der Waals surface area contributed by atoms with Crippen LogP contribution in [-0.2, 0) is 9.53 Å². The molecule has 0 heterocycles. The second-order valence-electron chi connectivity index (χ2n) is 3.29. The van der Waals surface area contributed by atoms with Crippen molar-refractivity contribution in [1.82, 2.24) is 0 Å². The van der Waals surface area contributed by atoms with Crippen LogP contribution in [0.2, 0.25) is 0 Å². The molecular weight excluding hydrogens is 196 g/mol. The molecule has 0 aromatic rings. The highest BCUT2D eigenvalue weighted by molar-refractivity contribution is 5.72. The third-order valence-electron chi connectivity index (χ3n) is 1.88. The fourth-order valence-corrected chi connectivity index (χ4v) is 0.950. The number of aliphatic carboxylic acids is 1. The molecule has 5 N–H and O–H groups in total. The molecule has 0 saturated carbocycles. The molecule has 0 fully saturated rings. The van der Waals surface area contributed by atoms with Crippen LogP contribution in [0.3, 0.4) is 0 Å². The average Bonchev–Trinajstić information content (AvgIpc) is 2.22. The van der Waals surface area contributed by atoms with E-state index in [4.69, 9.17) is 27.7 Å². The van der Waals surface area contributed by atoms with Gasteiger partial charge in [0.25, 0.3) is 0 Å².